The highest BCUT2D eigenvalue weighted by atomic mass is 35.5. The van der Waals surface area contributed by atoms with Crippen molar-refractivity contribution in [1.29, 1.82) is 0 Å². The van der Waals surface area contributed by atoms with Crippen molar-refractivity contribution in [3.63, 3.8) is 0 Å². The highest BCUT2D eigenvalue weighted by Gasteiger charge is 2.13. The van der Waals surface area contributed by atoms with E-state index in [4.69, 9.17) is 5.73 Å². The number of hydrogen-bond donors (Lipinski definition) is 2. The van der Waals surface area contributed by atoms with Crippen LogP contribution in [0.3, 0.4) is 0 Å². The number of nitrogen functional groups attached to an aromatic ring is 1. The molecule has 3 rings (SSSR count). The van der Waals surface area contributed by atoms with E-state index in [2.05, 4.69) is 10.3 Å². The van der Waals surface area contributed by atoms with E-state index >= 15 is 0 Å². The first-order valence-electron chi connectivity index (χ1n) is 7.54. The van der Waals surface area contributed by atoms with Crippen LogP contribution in [-0.2, 0) is 0 Å². The first kappa shape index (κ1) is 18.3. The molecule has 5 nitrogen and oxygen atoms in total. The number of hydrogen-bond acceptors (Lipinski definition) is 4. The van der Waals surface area contributed by atoms with Gasteiger partial charge in [0.05, 0.1) is 0 Å². The lowest BCUT2D eigenvalue weighted by Gasteiger charge is -2.18. The number of carbonyl (C=O) groups is 1. The second kappa shape index (κ2) is 8.17. The maximum atomic E-state index is 12.5. The lowest BCUT2D eigenvalue weighted by molar-refractivity contribution is 0.0993. The second-order valence-corrected chi connectivity index (χ2v) is 5.39. The summed E-state index contributed by atoms with van der Waals surface area (Å²) >= 11 is 0. The van der Waals surface area contributed by atoms with Crippen LogP contribution in [0.2, 0.25) is 0 Å². The zero-order valence-corrected chi connectivity index (χ0v) is 14.5. The molecule has 0 aliphatic rings. The molecule has 0 aliphatic heterocycles. The molecule has 0 radical (unpaired) electrons. The SMILES string of the molecule is CN(C(=O)c1ccc(N)cc1)c1ccc(Nc2ccncc2)cc1.Cl. The van der Waals surface area contributed by atoms with Crippen LogP contribution < -0.4 is 16.0 Å². The Morgan fingerprint density at radius 2 is 1.48 bits per heavy atom. The molecule has 1 aromatic heterocycles. The number of nitrogens with zero attached hydrogens (tertiary/aromatic N) is 2. The van der Waals surface area contributed by atoms with Gasteiger partial charge < -0.3 is 16.0 Å². The molecule has 0 unspecified atom stereocenters. The van der Waals surface area contributed by atoms with Crippen molar-refractivity contribution < 1.29 is 4.79 Å². The predicted molar refractivity (Wildman–Crippen MR) is 105 cm³/mol. The van der Waals surface area contributed by atoms with E-state index in [-0.39, 0.29) is 18.3 Å². The maximum absolute atomic E-state index is 12.5. The van der Waals surface area contributed by atoms with Crippen LogP contribution in [0.15, 0.2) is 73.1 Å². The first-order valence-corrected chi connectivity index (χ1v) is 7.54. The molecule has 128 valence electrons. The molecule has 1 heterocycles. The summed E-state index contributed by atoms with van der Waals surface area (Å²) in [4.78, 5) is 18.1. The van der Waals surface area contributed by atoms with Gasteiger partial charge in [-0.3, -0.25) is 9.78 Å². The third-order valence-corrected chi connectivity index (χ3v) is 3.69. The monoisotopic (exact) mass is 354 g/mol. The number of nitrogens with two attached hydrogens (primary N) is 1. The van der Waals surface area contributed by atoms with Crippen molar-refractivity contribution in [3.05, 3.63) is 78.6 Å². The number of anilines is 4. The van der Waals surface area contributed by atoms with Gasteiger partial charge in [-0.15, -0.1) is 12.4 Å². The van der Waals surface area contributed by atoms with Crippen molar-refractivity contribution >= 4 is 41.1 Å². The van der Waals surface area contributed by atoms with Gasteiger partial charge in [0.2, 0.25) is 0 Å². The Morgan fingerprint density at radius 3 is 2.08 bits per heavy atom. The van der Waals surface area contributed by atoms with Crippen LogP contribution in [0.25, 0.3) is 0 Å². The van der Waals surface area contributed by atoms with Crippen molar-refractivity contribution in [2.24, 2.45) is 0 Å². The average Bonchev–Trinajstić information content (AvgIpc) is 2.63. The Balaban J connectivity index is 0.00000225. The lowest BCUT2D eigenvalue weighted by atomic mass is 10.1. The normalized spacial score (nSPS) is 9.80. The van der Waals surface area contributed by atoms with Crippen LogP contribution in [0.4, 0.5) is 22.7 Å². The molecule has 0 bridgehead atoms. The van der Waals surface area contributed by atoms with Crippen molar-refractivity contribution in [2.75, 3.05) is 23.0 Å². The minimum Gasteiger partial charge on any atom is -0.399 e. The van der Waals surface area contributed by atoms with E-state index in [0.717, 1.165) is 17.1 Å². The van der Waals surface area contributed by atoms with Gasteiger partial charge in [0.15, 0.2) is 0 Å². The second-order valence-electron chi connectivity index (χ2n) is 5.39. The highest BCUT2D eigenvalue weighted by molar-refractivity contribution is 6.05. The molecule has 0 fully saturated rings. The van der Waals surface area contributed by atoms with Gasteiger partial charge in [-0.05, 0) is 60.7 Å². The molecule has 0 atom stereocenters. The third kappa shape index (κ3) is 4.49. The van der Waals surface area contributed by atoms with Crippen molar-refractivity contribution in [3.8, 4) is 0 Å². The summed E-state index contributed by atoms with van der Waals surface area (Å²) in [7, 11) is 1.75. The summed E-state index contributed by atoms with van der Waals surface area (Å²) < 4.78 is 0. The van der Waals surface area contributed by atoms with Crippen molar-refractivity contribution in [2.45, 2.75) is 0 Å². The zero-order chi connectivity index (χ0) is 16.9. The number of halogens is 1. The number of carbonyl (C=O) groups excluding carboxylic acids is 1. The Kier molecular flexibility index (Phi) is 5.98. The van der Waals surface area contributed by atoms with E-state index in [9.17, 15) is 4.79 Å². The number of aromatic nitrogens is 1. The van der Waals surface area contributed by atoms with Crippen LogP contribution in [0.1, 0.15) is 10.4 Å². The molecule has 0 saturated heterocycles. The van der Waals surface area contributed by atoms with Crippen LogP contribution in [0, 0.1) is 0 Å². The molecule has 0 spiro atoms. The quantitative estimate of drug-likeness (QED) is 0.692. The maximum Gasteiger partial charge on any atom is 0.258 e. The molecule has 3 N–H and O–H groups in total. The van der Waals surface area contributed by atoms with Crippen LogP contribution in [0.5, 0.6) is 0 Å². The number of benzene rings is 2. The molecule has 0 saturated carbocycles. The van der Waals surface area contributed by atoms with Gasteiger partial charge in [-0.1, -0.05) is 0 Å². The summed E-state index contributed by atoms with van der Waals surface area (Å²) in [5.74, 6) is -0.0788. The topological polar surface area (TPSA) is 71.2 Å². The molecule has 3 aromatic rings. The fourth-order valence-electron chi connectivity index (χ4n) is 2.31. The van der Waals surface area contributed by atoms with Crippen molar-refractivity contribution in [1.82, 2.24) is 4.98 Å². The van der Waals surface area contributed by atoms with E-state index in [0.29, 0.717) is 11.3 Å². The molecule has 25 heavy (non-hydrogen) atoms. The summed E-state index contributed by atoms with van der Waals surface area (Å²) in [5.41, 5.74) is 9.62. The van der Waals surface area contributed by atoms with E-state index < -0.39 is 0 Å². The highest BCUT2D eigenvalue weighted by Crippen LogP contribution is 2.21. The zero-order valence-electron chi connectivity index (χ0n) is 13.7. The fourth-order valence-corrected chi connectivity index (χ4v) is 2.31. The largest absolute Gasteiger partial charge is 0.399 e. The van der Waals surface area contributed by atoms with Gasteiger partial charge in [0.1, 0.15) is 0 Å². The molecular weight excluding hydrogens is 336 g/mol. The van der Waals surface area contributed by atoms with Gasteiger partial charge in [0.25, 0.3) is 5.91 Å². The average molecular weight is 355 g/mol. The van der Waals surface area contributed by atoms with Gasteiger partial charge in [-0.25, -0.2) is 0 Å². The van der Waals surface area contributed by atoms with Gasteiger partial charge in [-0.2, -0.15) is 0 Å². The number of rotatable bonds is 4. The molecule has 2 aromatic carbocycles. The Bertz CT molecular complexity index is 820. The standard InChI is InChI=1S/C19H18N4O.ClH/c1-23(19(24)14-2-4-15(20)5-3-14)18-8-6-16(7-9-18)22-17-10-12-21-13-11-17;/h2-13H,20H2,1H3,(H,21,22);1H. The summed E-state index contributed by atoms with van der Waals surface area (Å²) in [6, 6.07) is 18.4. The van der Waals surface area contributed by atoms with Gasteiger partial charge in [0, 0.05) is 47.8 Å². The summed E-state index contributed by atoms with van der Waals surface area (Å²) in [6.45, 7) is 0. The van der Waals surface area contributed by atoms with E-state index in [1.807, 2.05) is 36.4 Å². The minimum atomic E-state index is -0.0788. The predicted octanol–water partition coefficient (Wildman–Crippen LogP) is 4.11. The fraction of sp³-hybridized carbons (Fsp3) is 0.0526. The number of amides is 1. The third-order valence-electron chi connectivity index (χ3n) is 3.69. The number of nitrogens with one attached hydrogen (secondary N) is 1. The lowest BCUT2D eigenvalue weighted by Crippen LogP contribution is -2.26. The molecular formula is C19H19ClN4O. The summed E-state index contributed by atoms with van der Waals surface area (Å²) in [6.07, 6.45) is 3.46. The smallest absolute Gasteiger partial charge is 0.258 e. The van der Waals surface area contributed by atoms with E-state index in [1.165, 1.54) is 0 Å². The van der Waals surface area contributed by atoms with Crippen LogP contribution in [-0.4, -0.2) is 17.9 Å². The molecule has 0 aliphatic carbocycles. The van der Waals surface area contributed by atoms with E-state index in [1.54, 1.807) is 48.6 Å². The number of pyridine rings is 1. The summed E-state index contributed by atoms with van der Waals surface area (Å²) in [5, 5.41) is 3.28. The Morgan fingerprint density at radius 1 is 0.920 bits per heavy atom. The molecule has 1 amide bonds. The Labute approximate surface area is 152 Å². The first-order chi connectivity index (χ1) is 11.6. The molecule has 6 heteroatoms. The minimum absolute atomic E-state index is 0. The van der Waals surface area contributed by atoms with Gasteiger partial charge >= 0.3 is 0 Å². The Hall–Kier alpha value is -3.05. The van der Waals surface area contributed by atoms with Crippen LogP contribution >= 0.6 is 12.4 Å².